The zero-order valence-corrected chi connectivity index (χ0v) is 13.6. The number of nitrogens with zero attached hydrogens (tertiary/aromatic N) is 4. The normalized spacial score (nSPS) is 16.9. The smallest absolute Gasteiger partial charge is 0.247 e. The van der Waals surface area contributed by atoms with Crippen molar-refractivity contribution >= 4 is 17.3 Å². The van der Waals surface area contributed by atoms with Crippen LogP contribution in [0.5, 0.6) is 0 Å². The lowest BCUT2D eigenvalue weighted by molar-refractivity contribution is 0.00864. The van der Waals surface area contributed by atoms with Gasteiger partial charge in [0.15, 0.2) is 5.65 Å². The highest BCUT2D eigenvalue weighted by atomic mass is 19.1. The van der Waals surface area contributed by atoms with E-state index >= 15 is 0 Å². The summed E-state index contributed by atoms with van der Waals surface area (Å²) >= 11 is 0. The highest BCUT2D eigenvalue weighted by Crippen LogP contribution is 2.23. The highest BCUT2D eigenvalue weighted by molar-refractivity contribution is 5.55. The van der Waals surface area contributed by atoms with Crippen LogP contribution in [-0.2, 0) is 6.42 Å². The second-order valence-electron chi connectivity index (χ2n) is 6.35. The molecule has 0 amide bonds. The van der Waals surface area contributed by atoms with Crippen LogP contribution in [-0.4, -0.2) is 43.4 Å². The molecule has 0 bridgehead atoms. The Morgan fingerprint density at radius 3 is 2.72 bits per heavy atom. The molecule has 0 radical (unpaired) electrons. The van der Waals surface area contributed by atoms with Gasteiger partial charge in [-0.2, -0.15) is 9.50 Å². The number of rotatable bonds is 4. The third kappa shape index (κ3) is 3.45. The first-order valence-corrected chi connectivity index (χ1v) is 8.28. The number of hydrogen-bond donors (Lipinski definition) is 3. The average molecular weight is 342 g/mol. The lowest BCUT2D eigenvalue weighted by atomic mass is 9.89. The summed E-state index contributed by atoms with van der Waals surface area (Å²) in [5.41, 5.74) is 0.569. The van der Waals surface area contributed by atoms with E-state index in [1.54, 1.807) is 28.9 Å². The van der Waals surface area contributed by atoms with Crippen molar-refractivity contribution in [2.45, 2.75) is 24.9 Å². The van der Waals surface area contributed by atoms with Gasteiger partial charge in [-0.05, 0) is 50.2 Å². The summed E-state index contributed by atoms with van der Waals surface area (Å²) in [6.45, 7) is 1.59. The Morgan fingerprint density at radius 2 is 1.96 bits per heavy atom. The van der Waals surface area contributed by atoms with Crippen molar-refractivity contribution in [3.8, 4) is 0 Å². The van der Waals surface area contributed by atoms with E-state index in [9.17, 15) is 9.50 Å². The molecule has 3 aromatic rings. The molecule has 1 fully saturated rings. The molecular formula is C17H19FN6O. The van der Waals surface area contributed by atoms with Crippen molar-refractivity contribution in [2.24, 2.45) is 0 Å². The second-order valence-corrected chi connectivity index (χ2v) is 6.35. The Hall–Kier alpha value is -2.58. The molecule has 8 heteroatoms. The van der Waals surface area contributed by atoms with Crippen LogP contribution >= 0.6 is 0 Å². The van der Waals surface area contributed by atoms with Crippen molar-refractivity contribution in [1.82, 2.24) is 24.9 Å². The lowest BCUT2D eigenvalue weighted by Crippen LogP contribution is -2.43. The van der Waals surface area contributed by atoms with Crippen LogP contribution in [0.2, 0.25) is 0 Å². The van der Waals surface area contributed by atoms with E-state index in [0.29, 0.717) is 42.4 Å². The molecule has 3 N–H and O–H groups in total. The predicted molar refractivity (Wildman–Crippen MR) is 91.2 cm³/mol. The van der Waals surface area contributed by atoms with Gasteiger partial charge in [0.2, 0.25) is 5.95 Å². The van der Waals surface area contributed by atoms with Gasteiger partial charge >= 0.3 is 0 Å². The molecule has 1 aliphatic rings. The quantitative estimate of drug-likeness (QED) is 0.668. The van der Waals surface area contributed by atoms with E-state index in [0.717, 1.165) is 13.1 Å². The zero-order chi connectivity index (χ0) is 17.3. The van der Waals surface area contributed by atoms with Crippen molar-refractivity contribution < 1.29 is 9.50 Å². The minimum atomic E-state index is -0.775. The molecular weight excluding hydrogens is 323 g/mol. The number of piperidine rings is 1. The number of aromatic nitrogens is 4. The molecule has 0 spiro atoms. The van der Waals surface area contributed by atoms with Gasteiger partial charge in [-0.1, -0.05) is 0 Å². The number of hydrogen-bond acceptors (Lipinski definition) is 6. The first kappa shape index (κ1) is 15.9. The van der Waals surface area contributed by atoms with E-state index in [2.05, 4.69) is 25.7 Å². The van der Waals surface area contributed by atoms with E-state index in [-0.39, 0.29) is 5.82 Å². The minimum Gasteiger partial charge on any atom is -0.389 e. The fraction of sp³-hybridized carbons (Fsp3) is 0.353. The summed E-state index contributed by atoms with van der Waals surface area (Å²) in [5.74, 6) is 0.773. The summed E-state index contributed by atoms with van der Waals surface area (Å²) in [5, 5.41) is 21.5. The van der Waals surface area contributed by atoms with Crippen LogP contribution in [0.4, 0.5) is 16.0 Å². The van der Waals surface area contributed by atoms with Crippen LogP contribution < -0.4 is 10.6 Å². The monoisotopic (exact) mass is 342 g/mol. The molecule has 4 rings (SSSR count). The number of benzene rings is 1. The van der Waals surface area contributed by atoms with Gasteiger partial charge in [0.05, 0.1) is 5.60 Å². The maximum absolute atomic E-state index is 13.0. The van der Waals surface area contributed by atoms with Gasteiger partial charge in [-0.3, -0.25) is 0 Å². The van der Waals surface area contributed by atoms with Crippen molar-refractivity contribution in [3.63, 3.8) is 0 Å². The van der Waals surface area contributed by atoms with Gasteiger partial charge < -0.3 is 15.7 Å². The molecule has 130 valence electrons. The lowest BCUT2D eigenvalue weighted by Gasteiger charge is -2.32. The fourth-order valence-electron chi connectivity index (χ4n) is 3.07. The summed E-state index contributed by atoms with van der Waals surface area (Å²) < 4.78 is 14.6. The van der Waals surface area contributed by atoms with Crippen LogP contribution in [0.25, 0.3) is 5.65 Å². The topological polar surface area (TPSA) is 87.4 Å². The van der Waals surface area contributed by atoms with Gasteiger partial charge in [0.1, 0.15) is 11.6 Å². The average Bonchev–Trinajstić information content (AvgIpc) is 3.01. The number of fused-ring (bicyclic) bond motifs is 1. The van der Waals surface area contributed by atoms with Crippen LogP contribution in [0, 0.1) is 5.82 Å². The molecule has 2 aromatic heterocycles. The van der Waals surface area contributed by atoms with Crippen molar-refractivity contribution in [3.05, 3.63) is 48.2 Å². The maximum atomic E-state index is 13.0. The SMILES string of the molecule is OC1(Cc2nccc3nc(Nc4ccc(F)cc4)nn23)CCNCC1. The van der Waals surface area contributed by atoms with E-state index < -0.39 is 5.60 Å². The summed E-state index contributed by atoms with van der Waals surface area (Å²) in [6, 6.07) is 7.75. The summed E-state index contributed by atoms with van der Waals surface area (Å²) in [4.78, 5) is 8.80. The Bertz CT molecular complexity index is 872. The van der Waals surface area contributed by atoms with Crippen LogP contribution in [0.3, 0.4) is 0 Å². The number of halogens is 1. The molecule has 0 saturated carbocycles. The molecule has 0 aliphatic carbocycles. The molecule has 1 aromatic carbocycles. The molecule has 0 atom stereocenters. The Labute approximate surface area is 143 Å². The van der Waals surface area contributed by atoms with E-state index in [1.807, 2.05) is 0 Å². The van der Waals surface area contributed by atoms with Gasteiger partial charge in [0, 0.05) is 24.4 Å². The van der Waals surface area contributed by atoms with E-state index in [4.69, 9.17) is 0 Å². The standard InChI is InChI=1S/C17H19FN6O/c18-12-1-3-13(4-2-12)21-16-22-14-5-8-20-15(24(14)23-16)11-17(25)6-9-19-10-7-17/h1-5,8,19,25H,6-7,9-11H2,(H,21,23). The van der Waals surface area contributed by atoms with Gasteiger partial charge in [-0.25, -0.2) is 9.37 Å². The molecule has 1 saturated heterocycles. The first-order chi connectivity index (χ1) is 12.1. The molecule has 1 aliphatic heterocycles. The van der Waals surface area contributed by atoms with Crippen LogP contribution in [0.1, 0.15) is 18.7 Å². The third-order valence-corrected chi connectivity index (χ3v) is 4.45. The van der Waals surface area contributed by atoms with Gasteiger partial charge in [-0.15, -0.1) is 5.10 Å². The number of aliphatic hydroxyl groups is 1. The highest BCUT2D eigenvalue weighted by Gasteiger charge is 2.31. The van der Waals surface area contributed by atoms with Gasteiger partial charge in [0.25, 0.3) is 0 Å². The van der Waals surface area contributed by atoms with Crippen LogP contribution in [0.15, 0.2) is 36.5 Å². The second kappa shape index (κ2) is 6.38. The van der Waals surface area contributed by atoms with Crippen molar-refractivity contribution in [2.75, 3.05) is 18.4 Å². The zero-order valence-electron chi connectivity index (χ0n) is 13.6. The Kier molecular flexibility index (Phi) is 4.06. The molecule has 25 heavy (non-hydrogen) atoms. The summed E-state index contributed by atoms with van der Waals surface area (Å²) in [7, 11) is 0. The predicted octanol–water partition coefficient (Wildman–Crippen LogP) is 1.66. The van der Waals surface area contributed by atoms with Crippen molar-refractivity contribution in [1.29, 1.82) is 0 Å². The Morgan fingerprint density at radius 1 is 1.20 bits per heavy atom. The summed E-state index contributed by atoms with van der Waals surface area (Å²) in [6.07, 6.45) is 3.46. The van der Waals surface area contributed by atoms with E-state index in [1.165, 1.54) is 12.1 Å². The maximum Gasteiger partial charge on any atom is 0.247 e. The largest absolute Gasteiger partial charge is 0.389 e. The number of nitrogens with one attached hydrogen (secondary N) is 2. The fourth-order valence-corrected chi connectivity index (χ4v) is 3.07. The molecule has 0 unspecified atom stereocenters. The molecule has 7 nitrogen and oxygen atoms in total. The minimum absolute atomic E-state index is 0.296. The number of anilines is 2. The third-order valence-electron chi connectivity index (χ3n) is 4.45. The Balaban J connectivity index is 1.60. The first-order valence-electron chi connectivity index (χ1n) is 8.28. The molecule has 3 heterocycles.